The van der Waals surface area contributed by atoms with Gasteiger partial charge in [-0.3, -0.25) is 4.79 Å². The van der Waals surface area contributed by atoms with E-state index in [0.717, 1.165) is 16.2 Å². The predicted molar refractivity (Wildman–Crippen MR) is 85.2 cm³/mol. The fourth-order valence-corrected chi connectivity index (χ4v) is 2.93. The Morgan fingerprint density at radius 1 is 1.14 bits per heavy atom. The van der Waals surface area contributed by atoms with Gasteiger partial charge >= 0.3 is 0 Å². The Labute approximate surface area is 128 Å². The summed E-state index contributed by atoms with van der Waals surface area (Å²) in [7, 11) is 1.62. The molecule has 4 nitrogen and oxygen atoms in total. The van der Waals surface area contributed by atoms with Crippen LogP contribution < -0.4 is 16.2 Å². The van der Waals surface area contributed by atoms with E-state index in [-0.39, 0.29) is 0 Å². The molecule has 1 atom stereocenters. The normalized spacial score (nSPS) is 13.4. The molecule has 2 rings (SSSR count). The minimum Gasteiger partial charge on any atom is -0.497 e. The highest BCUT2D eigenvalue weighted by Crippen LogP contribution is 2.28. The van der Waals surface area contributed by atoms with Gasteiger partial charge in [-0.25, -0.2) is 0 Å². The minimum atomic E-state index is -1.19. The maximum atomic E-state index is 11.8. The number of benzene rings is 2. The van der Waals surface area contributed by atoms with Crippen LogP contribution in [0.5, 0.6) is 5.75 Å². The molecular weight excluding hydrogens is 284 g/mol. The summed E-state index contributed by atoms with van der Waals surface area (Å²) >= 11 is 1.49. The van der Waals surface area contributed by atoms with Gasteiger partial charge < -0.3 is 16.2 Å². The smallest absolute Gasteiger partial charge is 0.243 e. The van der Waals surface area contributed by atoms with E-state index in [1.54, 1.807) is 7.11 Å². The van der Waals surface area contributed by atoms with Gasteiger partial charge in [0.25, 0.3) is 0 Å². The van der Waals surface area contributed by atoms with Crippen molar-refractivity contribution in [1.29, 1.82) is 0 Å². The Bertz CT molecular complexity index is 601. The van der Waals surface area contributed by atoms with Crippen molar-refractivity contribution in [2.24, 2.45) is 11.5 Å². The number of ether oxygens (including phenoxy) is 1. The maximum absolute atomic E-state index is 11.8. The molecule has 0 aliphatic heterocycles. The lowest BCUT2D eigenvalue weighted by atomic mass is 9.92. The van der Waals surface area contributed by atoms with Crippen LogP contribution >= 0.6 is 11.8 Å². The van der Waals surface area contributed by atoms with E-state index < -0.39 is 11.4 Å². The number of amides is 1. The second-order valence-electron chi connectivity index (χ2n) is 4.67. The summed E-state index contributed by atoms with van der Waals surface area (Å²) in [5.41, 5.74) is 11.3. The maximum Gasteiger partial charge on any atom is 0.243 e. The number of hydrogen-bond donors (Lipinski definition) is 2. The zero-order chi connectivity index (χ0) is 15.3. The zero-order valence-corrected chi connectivity index (χ0v) is 12.6. The summed E-state index contributed by atoms with van der Waals surface area (Å²) in [6.07, 6.45) is 0. The zero-order valence-electron chi connectivity index (χ0n) is 11.8. The van der Waals surface area contributed by atoms with E-state index in [1.807, 2.05) is 54.6 Å². The van der Waals surface area contributed by atoms with E-state index in [4.69, 9.17) is 16.2 Å². The van der Waals surface area contributed by atoms with Crippen LogP contribution in [0.4, 0.5) is 0 Å². The highest BCUT2D eigenvalue weighted by Gasteiger charge is 2.34. The molecule has 0 radical (unpaired) electrons. The summed E-state index contributed by atoms with van der Waals surface area (Å²) < 4.78 is 5.11. The first-order valence-corrected chi connectivity index (χ1v) is 7.46. The lowest BCUT2D eigenvalue weighted by Crippen LogP contribution is -2.51. The summed E-state index contributed by atoms with van der Waals surface area (Å²) in [5.74, 6) is 0.629. The third-order valence-corrected chi connectivity index (χ3v) is 4.46. The molecule has 5 heteroatoms. The number of nitrogens with two attached hydrogens (primary N) is 2. The van der Waals surface area contributed by atoms with E-state index in [1.165, 1.54) is 11.8 Å². The Kier molecular flexibility index (Phi) is 4.88. The number of primary amides is 1. The molecule has 0 aromatic heterocycles. The number of thioether (sulfide) groups is 1. The predicted octanol–water partition coefficient (Wildman–Crippen LogP) is 2.13. The van der Waals surface area contributed by atoms with Gasteiger partial charge in [-0.05, 0) is 29.8 Å². The molecule has 0 heterocycles. The van der Waals surface area contributed by atoms with Gasteiger partial charge in [0, 0.05) is 10.6 Å². The van der Waals surface area contributed by atoms with Crippen molar-refractivity contribution in [3.05, 3.63) is 60.2 Å². The Hall–Kier alpha value is -1.98. The molecule has 0 bridgehead atoms. The third-order valence-electron chi connectivity index (χ3n) is 3.25. The monoisotopic (exact) mass is 302 g/mol. The first kappa shape index (κ1) is 15.4. The lowest BCUT2D eigenvalue weighted by Gasteiger charge is -2.26. The molecule has 21 heavy (non-hydrogen) atoms. The molecule has 1 unspecified atom stereocenters. The highest BCUT2D eigenvalue weighted by molar-refractivity contribution is 7.99. The summed E-state index contributed by atoms with van der Waals surface area (Å²) in [6.45, 7) is 0. The van der Waals surface area contributed by atoms with E-state index in [2.05, 4.69) is 0 Å². The van der Waals surface area contributed by atoms with Gasteiger partial charge in [0.15, 0.2) is 0 Å². The first-order valence-electron chi connectivity index (χ1n) is 6.47. The van der Waals surface area contributed by atoms with E-state index in [9.17, 15) is 4.79 Å². The molecule has 0 aliphatic rings. The topological polar surface area (TPSA) is 78.3 Å². The van der Waals surface area contributed by atoms with E-state index in [0.29, 0.717) is 5.75 Å². The van der Waals surface area contributed by atoms with Crippen LogP contribution in [-0.2, 0) is 10.3 Å². The van der Waals surface area contributed by atoms with Crippen LogP contribution in [0.1, 0.15) is 5.56 Å². The largest absolute Gasteiger partial charge is 0.497 e. The van der Waals surface area contributed by atoms with Gasteiger partial charge in [0.2, 0.25) is 5.91 Å². The third kappa shape index (κ3) is 3.56. The molecule has 0 saturated carbocycles. The van der Waals surface area contributed by atoms with Crippen molar-refractivity contribution in [1.82, 2.24) is 0 Å². The van der Waals surface area contributed by atoms with Crippen LogP contribution in [0.15, 0.2) is 59.5 Å². The van der Waals surface area contributed by atoms with Gasteiger partial charge in [0.1, 0.15) is 11.3 Å². The first-order chi connectivity index (χ1) is 10.1. The van der Waals surface area contributed by atoms with Crippen molar-refractivity contribution >= 4 is 17.7 Å². The average molecular weight is 302 g/mol. The second kappa shape index (κ2) is 6.65. The molecule has 1 amide bonds. The number of rotatable bonds is 6. The summed E-state index contributed by atoms with van der Waals surface area (Å²) in [4.78, 5) is 12.8. The van der Waals surface area contributed by atoms with Crippen molar-refractivity contribution in [2.75, 3.05) is 12.9 Å². The Morgan fingerprint density at radius 3 is 2.29 bits per heavy atom. The summed E-state index contributed by atoms with van der Waals surface area (Å²) in [6, 6.07) is 16.8. The molecule has 0 spiro atoms. The Balaban J connectivity index is 2.15. The quantitative estimate of drug-likeness (QED) is 0.801. The molecular formula is C16H18N2O2S. The number of hydrogen-bond acceptors (Lipinski definition) is 4. The fraction of sp³-hybridized carbons (Fsp3) is 0.188. The number of carbonyl (C=O) groups excluding carboxylic acids is 1. The van der Waals surface area contributed by atoms with Crippen LogP contribution in [0.2, 0.25) is 0 Å². The second-order valence-corrected chi connectivity index (χ2v) is 5.71. The van der Waals surface area contributed by atoms with Crippen LogP contribution in [-0.4, -0.2) is 18.8 Å². The van der Waals surface area contributed by atoms with Gasteiger partial charge in [0.05, 0.1) is 7.11 Å². The molecule has 0 fully saturated rings. The highest BCUT2D eigenvalue weighted by atomic mass is 32.2. The van der Waals surface area contributed by atoms with Gasteiger partial charge in [-0.15, -0.1) is 11.8 Å². The average Bonchev–Trinajstić information content (AvgIpc) is 2.53. The van der Waals surface area contributed by atoms with Crippen LogP contribution in [0, 0.1) is 0 Å². The number of methoxy groups -OCH3 is 1. The molecule has 2 aromatic carbocycles. The van der Waals surface area contributed by atoms with Crippen molar-refractivity contribution in [3.63, 3.8) is 0 Å². The molecule has 4 N–H and O–H groups in total. The van der Waals surface area contributed by atoms with Gasteiger partial charge in [-0.2, -0.15) is 0 Å². The fourth-order valence-electron chi connectivity index (χ4n) is 1.90. The van der Waals surface area contributed by atoms with E-state index >= 15 is 0 Å². The molecule has 0 aliphatic carbocycles. The van der Waals surface area contributed by atoms with Crippen LogP contribution in [0.3, 0.4) is 0 Å². The van der Waals surface area contributed by atoms with Crippen molar-refractivity contribution in [3.8, 4) is 5.75 Å². The van der Waals surface area contributed by atoms with Gasteiger partial charge in [-0.1, -0.05) is 30.3 Å². The lowest BCUT2D eigenvalue weighted by molar-refractivity contribution is -0.122. The van der Waals surface area contributed by atoms with Crippen LogP contribution in [0.25, 0.3) is 0 Å². The SMILES string of the molecule is COc1ccc(SCC(N)(C(N)=O)c2ccccc2)cc1. The molecule has 110 valence electrons. The Morgan fingerprint density at radius 2 is 1.76 bits per heavy atom. The number of carbonyl (C=O) groups is 1. The van der Waals surface area contributed by atoms with Crippen molar-refractivity contribution in [2.45, 2.75) is 10.4 Å². The minimum absolute atomic E-state index is 0.374. The molecule has 2 aromatic rings. The van der Waals surface area contributed by atoms with Crippen molar-refractivity contribution < 1.29 is 9.53 Å². The summed E-state index contributed by atoms with van der Waals surface area (Å²) in [5, 5.41) is 0. The molecule has 0 saturated heterocycles. The standard InChI is InChI=1S/C16H18N2O2S/c1-20-13-7-9-14(10-8-13)21-11-16(18,15(17)19)12-5-3-2-4-6-12/h2-10H,11,18H2,1H3,(H2,17,19).